The van der Waals surface area contributed by atoms with E-state index in [2.05, 4.69) is 22.2 Å². The molecule has 2 N–H and O–H groups in total. The van der Waals surface area contributed by atoms with E-state index >= 15 is 0 Å². The average molecular weight is 300 g/mol. The van der Waals surface area contributed by atoms with Gasteiger partial charge in [0.25, 0.3) is 0 Å². The van der Waals surface area contributed by atoms with Crippen LogP contribution in [0.25, 0.3) is 0 Å². The average Bonchev–Trinajstić information content (AvgIpc) is 2.82. The summed E-state index contributed by atoms with van der Waals surface area (Å²) in [5.74, 6) is 1.00. The largest absolute Gasteiger partial charge is 0.410 e. The van der Waals surface area contributed by atoms with Crippen molar-refractivity contribution >= 4 is 5.82 Å². The molecule has 21 heavy (non-hydrogen) atoms. The molecule has 116 valence electrons. The number of nitrogens with one attached hydrogen (secondary N) is 2. The fourth-order valence-corrected chi connectivity index (χ4v) is 2.56. The lowest BCUT2D eigenvalue weighted by atomic mass is 10.0. The number of nitrogens with zero attached hydrogens (tertiary/aromatic N) is 2. The SMILES string of the molecule is C=C1NC(C(F)(F)F)CN1C(CC)c1ccnc(NC)c1. The fraction of sp³-hybridized carbons (Fsp3) is 0.500. The van der Waals surface area contributed by atoms with Gasteiger partial charge in [-0.3, -0.25) is 0 Å². The van der Waals surface area contributed by atoms with E-state index in [-0.39, 0.29) is 12.6 Å². The molecule has 4 nitrogen and oxygen atoms in total. The summed E-state index contributed by atoms with van der Waals surface area (Å²) in [7, 11) is 1.75. The van der Waals surface area contributed by atoms with Crippen molar-refractivity contribution in [2.45, 2.75) is 31.6 Å². The highest BCUT2D eigenvalue weighted by Gasteiger charge is 2.46. The van der Waals surface area contributed by atoms with E-state index in [4.69, 9.17) is 0 Å². The highest BCUT2D eigenvalue weighted by molar-refractivity contribution is 5.38. The zero-order valence-electron chi connectivity index (χ0n) is 12.0. The van der Waals surface area contributed by atoms with Gasteiger partial charge in [-0.1, -0.05) is 13.5 Å². The third-order valence-electron chi connectivity index (χ3n) is 3.65. The zero-order chi connectivity index (χ0) is 15.6. The number of halogens is 3. The van der Waals surface area contributed by atoms with Crippen LogP contribution in [-0.2, 0) is 0 Å². The molecule has 1 aliphatic rings. The molecule has 1 fully saturated rings. The summed E-state index contributed by atoms with van der Waals surface area (Å²) in [6.45, 7) is 5.54. The monoisotopic (exact) mass is 300 g/mol. The number of rotatable bonds is 4. The Balaban J connectivity index is 2.23. The molecule has 2 heterocycles. The smallest absolute Gasteiger partial charge is 0.373 e. The first kappa shape index (κ1) is 15.5. The maximum absolute atomic E-state index is 12.8. The highest BCUT2D eigenvalue weighted by Crippen LogP contribution is 2.34. The first-order valence-electron chi connectivity index (χ1n) is 6.79. The van der Waals surface area contributed by atoms with Gasteiger partial charge in [0, 0.05) is 19.8 Å². The third-order valence-corrected chi connectivity index (χ3v) is 3.65. The summed E-state index contributed by atoms with van der Waals surface area (Å²) in [5.41, 5.74) is 0.919. The minimum Gasteiger partial charge on any atom is -0.373 e. The van der Waals surface area contributed by atoms with Crippen LogP contribution >= 0.6 is 0 Å². The van der Waals surface area contributed by atoms with Crippen LogP contribution in [0.5, 0.6) is 0 Å². The molecule has 1 saturated heterocycles. The molecule has 1 aromatic rings. The van der Waals surface area contributed by atoms with Crippen LogP contribution in [0.4, 0.5) is 19.0 Å². The Bertz CT molecular complexity index is 515. The first-order valence-corrected chi connectivity index (χ1v) is 6.79. The van der Waals surface area contributed by atoms with E-state index < -0.39 is 12.2 Å². The second-order valence-electron chi connectivity index (χ2n) is 4.99. The van der Waals surface area contributed by atoms with Crippen LogP contribution in [0.2, 0.25) is 0 Å². The fourth-order valence-electron chi connectivity index (χ4n) is 2.56. The van der Waals surface area contributed by atoms with E-state index in [9.17, 15) is 13.2 Å². The normalized spacial score (nSPS) is 20.3. The highest BCUT2D eigenvalue weighted by atomic mass is 19.4. The van der Waals surface area contributed by atoms with Gasteiger partial charge < -0.3 is 15.5 Å². The molecule has 0 spiro atoms. The first-order chi connectivity index (χ1) is 9.86. The van der Waals surface area contributed by atoms with Crippen molar-refractivity contribution in [2.75, 3.05) is 18.9 Å². The number of aromatic nitrogens is 1. The third kappa shape index (κ3) is 3.22. The number of anilines is 1. The topological polar surface area (TPSA) is 40.2 Å². The van der Waals surface area contributed by atoms with Crippen LogP contribution in [0.15, 0.2) is 30.7 Å². The van der Waals surface area contributed by atoms with Crippen LogP contribution in [0, 0.1) is 0 Å². The van der Waals surface area contributed by atoms with Gasteiger partial charge in [-0.2, -0.15) is 13.2 Å². The molecule has 2 rings (SSSR count). The summed E-state index contributed by atoms with van der Waals surface area (Å²) in [4.78, 5) is 5.80. The van der Waals surface area contributed by atoms with Gasteiger partial charge in [-0.25, -0.2) is 4.98 Å². The number of alkyl halides is 3. The molecule has 2 atom stereocenters. The van der Waals surface area contributed by atoms with Crippen molar-refractivity contribution in [2.24, 2.45) is 0 Å². The van der Waals surface area contributed by atoms with E-state index in [1.807, 2.05) is 19.1 Å². The van der Waals surface area contributed by atoms with E-state index in [0.717, 1.165) is 5.56 Å². The summed E-state index contributed by atoms with van der Waals surface area (Å²) in [6.07, 6.45) is -1.94. The summed E-state index contributed by atoms with van der Waals surface area (Å²) in [6, 6.07) is 1.95. The Labute approximate surface area is 122 Å². The van der Waals surface area contributed by atoms with Gasteiger partial charge in [0.2, 0.25) is 0 Å². The molecule has 7 heteroatoms. The van der Waals surface area contributed by atoms with E-state index in [1.165, 1.54) is 0 Å². The Morgan fingerprint density at radius 1 is 1.57 bits per heavy atom. The van der Waals surface area contributed by atoms with Crippen molar-refractivity contribution in [3.63, 3.8) is 0 Å². The molecule has 0 saturated carbocycles. The molecule has 0 amide bonds. The Morgan fingerprint density at radius 3 is 2.81 bits per heavy atom. The molecule has 0 bridgehead atoms. The van der Waals surface area contributed by atoms with Gasteiger partial charge in [0.15, 0.2) is 0 Å². The van der Waals surface area contributed by atoms with Crippen molar-refractivity contribution in [3.05, 3.63) is 36.3 Å². The molecular weight excluding hydrogens is 281 g/mol. The van der Waals surface area contributed by atoms with Crippen LogP contribution in [-0.4, -0.2) is 35.7 Å². The standard InChI is InChI=1S/C14H19F3N4/c1-4-11(10-5-6-19-13(7-10)18-3)21-8-12(14(15,16)17)20-9(21)2/h5-7,11-12,20H,2,4,8H2,1,3H3,(H,18,19). The van der Waals surface area contributed by atoms with Gasteiger partial charge in [0.1, 0.15) is 11.9 Å². The maximum atomic E-state index is 12.8. The van der Waals surface area contributed by atoms with Gasteiger partial charge >= 0.3 is 6.18 Å². The number of pyridine rings is 1. The molecule has 0 radical (unpaired) electrons. The van der Waals surface area contributed by atoms with E-state index in [1.54, 1.807) is 18.1 Å². The minimum absolute atomic E-state index is 0.127. The Hall–Kier alpha value is -1.92. The second kappa shape index (κ2) is 5.83. The lowest BCUT2D eigenvalue weighted by molar-refractivity contribution is -0.150. The van der Waals surface area contributed by atoms with Crippen LogP contribution in [0.1, 0.15) is 24.9 Å². The number of hydrogen-bond acceptors (Lipinski definition) is 4. The Kier molecular flexibility index (Phi) is 4.29. The van der Waals surface area contributed by atoms with Gasteiger partial charge in [-0.15, -0.1) is 0 Å². The molecule has 0 aromatic carbocycles. The zero-order valence-corrected chi connectivity index (χ0v) is 12.0. The second-order valence-corrected chi connectivity index (χ2v) is 4.99. The van der Waals surface area contributed by atoms with Gasteiger partial charge in [-0.05, 0) is 24.1 Å². The van der Waals surface area contributed by atoms with Crippen molar-refractivity contribution in [1.82, 2.24) is 15.2 Å². The van der Waals surface area contributed by atoms with Crippen molar-refractivity contribution < 1.29 is 13.2 Å². The van der Waals surface area contributed by atoms with Crippen molar-refractivity contribution in [3.8, 4) is 0 Å². The summed E-state index contributed by atoms with van der Waals surface area (Å²) in [5, 5.41) is 5.37. The predicted molar refractivity (Wildman–Crippen MR) is 75.6 cm³/mol. The molecular formula is C14H19F3N4. The summed E-state index contributed by atoms with van der Waals surface area (Å²) < 4.78 is 38.5. The van der Waals surface area contributed by atoms with Crippen LogP contribution < -0.4 is 10.6 Å². The molecule has 1 aromatic heterocycles. The molecule has 0 aliphatic carbocycles. The van der Waals surface area contributed by atoms with Gasteiger partial charge in [0.05, 0.1) is 11.9 Å². The van der Waals surface area contributed by atoms with Crippen molar-refractivity contribution in [1.29, 1.82) is 0 Å². The molecule has 2 unspecified atom stereocenters. The predicted octanol–water partition coefficient (Wildman–Crippen LogP) is 2.88. The Morgan fingerprint density at radius 2 is 2.29 bits per heavy atom. The lowest BCUT2D eigenvalue weighted by Crippen LogP contribution is -2.39. The van der Waals surface area contributed by atoms with Crippen LogP contribution in [0.3, 0.4) is 0 Å². The molecule has 1 aliphatic heterocycles. The quantitative estimate of drug-likeness (QED) is 0.897. The minimum atomic E-state index is -4.27. The van der Waals surface area contributed by atoms with E-state index in [0.29, 0.717) is 18.1 Å². The number of hydrogen-bond donors (Lipinski definition) is 2. The summed E-state index contributed by atoms with van der Waals surface area (Å²) >= 11 is 0. The maximum Gasteiger partial charge on any atom is 0.410 e. The lowest BCUT2D eigenvalue weighted by Gasteiger charge is -2.29.